The Morgan fingerprint density at radius 2 is 1.55 bits per heavy atom. The van der Waals surface area contributed by atoms with E-state index < -0.39 is 29.9 Å². The van der Waals surface area contributed by atoms with Crippen molar-refractivity contribution >= 4 is 11.8 Å². The first kappa shape index (κ1) is 18.2. The lowest BCUT2D eigenvalue weighted by atomic mass is 10.0. The Morgan fingerprint density at radius 1 is 0.900 bits per heavy atom. The fourth-order valence-corrected chi connectivity index (χ4v) is 3.47. The molecule has 1 rings (SSSR count). The maximum Gasteiger partial charge on any atom is 0.132 e. The summed E-state index contributed by atoms with van der Waals surface area (Å²) in [6, 6.07) is 0. The van der Waals surface area contributed by atoms with Crippen LogP contribution in [0.2, 0.25) is 0 Å². The Bertz CT molecular complexity index is 252. The lowest BCUT2D eigenvalue weighted by Crippen LogP contribution is -2.57. The number of rotatable bonds is 9. The van der Waals surface area contributed by atoms with Gasteiger partial charge in [0.25, 0.3) is 0 Å². The average molecular weight is 308 g/mol. The molecule has 1 heterocycles. The van der Waals surface area contributed by atoms with E-state index in [1.807, 2.05) is 0 Å². The Kier molecular flexibility index (Phi) is 9.08. The Hall–Kier alpha value is 0.150. The van der Waals surface area contributed by atoms with Gasteiger partial charge in [-0.25, -0.2) is 0 Å². The van der Waals surface area contributed by atoms with Crippen LogP contribution in [0.15, 0.2) is 0 Å². The van der Waals surface area contributed by atoms with Gasteiger partial charge in [-0.15, -0.1) is 11.8 Å². The lowest BCUT2D eigenvalue weighted by Gasteiger charge is -2.39. The van der Waals surface area contributed by atoms with Crippen molar-refractivity contribution in [3.8, 4) is 0 Å². The minimum Gasteiger partial charge on any atom is -0.394 e. The quantitative estimate of drug-likeness (QED) is 0.473. The Labute approximate surface area is 125 Å². The maximum absolute atomic E-state index is 9.86. The molecule has 0 aliphatic carbocycles. The molecule has 5 atom stereocenters. The van der Waals surface area contributed by atoms with Crippen molar-refractivity contribution in [2.24, 2.45) is 0 Å². The largest absolute Gasteiger partial charge is 0.394 e. The summed E-state index contributed by atoms with van der Waals surface area (Å²) in [5.41, 5.74) is -0.582. The highest BCUT2D eigenvalue weighted by Crippen LogP contribution is 2.29. The van der Waals surface area contributed by atoms with E-state index in [2.05, 4.69) is 6.92 Å². The van der Waals surface area contributed by atoms with Gasteiger partial charge in [-0.3, -0.25) is 0 Å². The van der Waals surface area contributed by atoms with Crippen LogP contribution in [0, 0.1) is 0 Å². The number of aliphatic hydroxyl groups excluding tert-OH is 4. The van der Waals surface area contributed by atoms with Gasteiger partial charge in [0.05, 0.1) is 6.61 Å². The second-order valence-corrected chi connectivity index (χ2v) is 6.54. The Balaban J connectivity index is 2.21. The van der Waals surface area contributed by atoms with Gasteiger partial charge in [-0.05, 0) is 12.2 Å². The van der Waals surface area contributed by atoms with Crippen LogP contribution < -0.4 is 0 Å². The number of ether oxygens (including phenoxy) is 1. The van der Waals surface area contributed by atoms with Gasteiger partial charge in [0.15, 0.2) is 0 Å². The molecule has 0 saturated carbocycles. The predicted molar refractivity (Wildman–Crippen MR) is 79.6 cm³/mol. The molecule has 0 aromatic rings. The summed E-state index contributed by atoms with van der Waals surface area (Å²) in [6.07, 6.45) is 2.77. The molecule has 1 fully saturated rings. The van der Waals surface area contributed by atoms with Crippen LogP contribution in [0.1, 0.15) is 45.4 Å². The minimum absolute atomic E-state index is 0.362. The van der Waals surface area contributed by atoms with Crippen molar-refractivity contribution < 1.29 is 25.2 Å². The molecule has 1 aliphatic rings. The molecule has 1 aliphatic heterocycles. The highest BCUT2D eigenvalue weighted by atomic mass is 32.2. The van der Waals surface area contributed by atoms with Gasteiger partial charge < -0.3 is 25.2 Å². The third-order valence-electron chi connectivity index (χ3n) is 3.63. The normalized spacial score (nSPS) is 34.4. The first-order chi connectivity index (χ1) is 9.61. The molecule has 0 bridgehead atoms. The molecule has 6 heteroatoms. The average Bonchev–Trinajstić information content (AvgIpc) is 2.46. The highest BCUT2D eigenvalue weighted by Gasteiger charge is 2.43. The second-order valence-electron chi connectivity index (χ2n) is 5.34. The number of hydrogen-bond acceptors (Lipinski definition) is 6. The van der Waals surface area contributed by atoms with E-state index in [-0.39, 0.29) is 6.61 Å². The van der Waals surface area contributed by atoms with Gasteiger partial charge in [0, 0.05) is 0 Å². The maximum atomic E-state index is 9.86. The monoisotopic (exact) mass is 308 g/mol. The van der Waals surface area contributed by atoms with Crippen molar-refractivity contribution in [1.82, 2.24) is 0 Å². The van der Waals surface area contributed by atoms with Gasteiger partial charge >= 0.3 is 0 Å². The van der Waals surface area contributed by atoms with E-state index in [1.54, 1.807) is 0 Å². The number of thioether (sulfide) groups is 1. The van der Waals surface area contributed by atoms with Crippen LogP contribution in [0.3, 0.4) is 0 Å². The zero-order chi connectivity index (χ0) is 15.0. The van der Waals surface area contributed by atoms with Crippen molar-refractivity contribution in [3.05, 3.63) is 0 Å². The smallest absolute Gasteiger partial charge is 0.132 e. The minimum atomic E-state index is -1.26. The summed E-state index contributed by atoms with van der Waals surface area (Å²) < 4.78 is 5.43. The summed E-state index contributed by atoms with van der Waals surface area (Å²) in [5.74, 6) is 0.842. The van der Waals surface area contributed by atoms with Crippen LogP contribution in [-0.4, -0.2) is 62.6 Å². The zero-order valence-corrected chi connectivity index (χ0v) is 13.0. The molecular formula is C14H28O5S. The van der Waals surface area contributed by atoms with Crippen molar-refractivity contribution in [1.29, 1.82) is 0 Å². The topological polar surface area (TPSA) is 90.2 Å². The third kappa shape index (κ3) is 5.50. The fraction of sp³-hybridized carbons (Fsp3) is 1.00. The molecule has 0 amide bonds. The molecule has 120 valence electrons. The van der Waals surface area contributed by atoms with E-state index >= 15 is 0 Å². The van der Waals surface area contributed by atoms with Crippen molar-refractivity contribution in [2.75, 3.05) is 12.4 Å². The molecular weight excluding hydrogens is 280 g/mol. The van der Waals surface area contributed by atoms with Crippen molar-refractivity contribution in [3.63, 3.8) is 0 Å². The summed E-state index contributed by atoms with van der Waals surface area (Å²) in [5, 5.41) is 38.3. The van der Waals surface area contributed by atoms with E-state index in [4.69, 9.17) is 9.84 Å². The molecule has 0 aromatic carbocycles. The standard InChI is InChI=1S/C14H28O5S/c1-2-3-4-5-6-7-8-20-14-13(18)12(17)11(16)10(9-15)19-14/h10-18H,2-9H2,1H3/t10-,11+,12-,13+,14-/m0/s1. The summed E-state index contributed by atoms with van der Waals surface area (Å²) >= 11 is 1.44. The lowest BCUT2D eigenvalue weighted by molar-refractivity contribution is -0.205. The van der Waals surface area contributed by atoms with Crippen LogP contribution in [-0.2, 0) is 4.74 Å². The van der Waals surface area contributed by atoms with E-state index in [0.29, 0.717) is 0 Å². The molecule has 4 N–H and O–H groups in total. The molecule has 0 radical (unpaired) electrons. The van der Waals surface area contributed by atoms with Gasteiger partial charge in [-0.1, -0.05) is 39.0 Å². The predicted octanol–water partition coefficient (Wildman–Crippen LogP) is 0.880. The zero-order valence-electron chi connectivity index (χ0n) is 12.1. The van der Waals surface area contributed by atoms with Gasteiger partial charge in [-0.2, -0.15) is 0 Å². The van der Waals surface area contributed by atoms with E-state index in [9.17, 15) is 15.3 Å². The number of hydrogen-bond donors (Lipinski definition) is 4. The van der Waals surface area contributed by atoms with Crippen LogP contribution >= 0.6 is 11.8 Å². The number of unbranched alkanes of at least 4 members (excludes halogenated alkanes) is 5. The van der Waals surface area contributed by atoms with E-state index in [0.717, 1.165) is 18.6 Å². The molecule has 0 unspecified atom stereocenters. The molecule has 20 heavy (non-hydrogen) atoms. The molecule has 5 nitrogen and oxygen atoms in total. The summed E-state index contributed by atoms with van der Waals surface area (Å²) in [6.45, 7) is 1.83. The van der Waals surface area contributed by atoms with Crippen LogP contribution in [0.4, 0.5) is 0 Å². The van der Waals surface area contributed by atoms with Crippen molar-refractivity contribution in [2.45, 2.75) is 75.3 Å². The molecule has 0 spiro atoms. The van der Waals surface area contributed by atoms with E-state index in [1.165, 1.54) is 37.4 Å². The van der Waals surface area contributed by atoms with Gasteiger partial charge in [0.1, 0.15) is 29.9 Å². The number of aliphatic hydroxyl groups is 4. The fourth-order valence-electron chi connectivity index (χ4n) is 2.29. The SMILES string of the molecule is CCCCCCCCS[C@@H]1O[C@@H](CO)[C@@H](O)[C@H](O)[C@H]1O. The first-order valence-electron chi connectivity index (χ1n) is 7.54. The summed E-state index contributed by atoms with van der Waals surface area (Å²) in [7, 11) is 0. The van der Waals surface area contributed by atoms with Crippen LogP contribution in [0.5, 0.6) is 0 Å². The highest BCUT2D eigenvalue weighted by molar-refractivity contribution is 7.99. The second kappa shape index (κ2) is 9.97. The summed E-state index contributed by atoms with van der Waals surface area (Å²) in [4.78, 5) is 0. The molecule has 0 aromatic heterocycles. The van der Waals surface area contributed by atoms with Crippen LogP contribution in [0.25, 0.3) is 0 Å². The Morgan fingerprint density at radius 3 is 2.20 bits per heavy atom. The first-order valence-corrected chi connectivity index (χ1v) is 8.58. The third-order valence-corrected chi connectivity index (χ3v) is 4.87. The van der Waals surface area contributed by atoms with Gasteiger partial charge in [0.2, 0.25) is 0 Å². The molecule has 1 saturated heterocycles.